The Morgan fingerprint density at radius 2 is 2.13 bits per heavy atom. The summed E-state index contributed by atoms with van der Waals surface area (Å²) in [6.07, 6.45) is 2.06. The van der Waals surface area contributed by atoms with Crippen LogP contribution in [-0.2, 0) is 5.75 Å². The Morgan fingerprint density at radius 3 is 2.80 bits per heavy atom. The maximum atomic E-state index is 4.45. The van der Waals surface area contributed by atoms with Gasteiger partial charge in [0, 0.05) is 14.1 Å². The van der Waals surface area contributed by atoms with Crippen LogP contribution >= 0.6 is 11.8 Å². The van der Waals surface area contributed by atoms with Crippen LogP contribution in [0.1, 0.15) is 5.82 Å². The van der Waals surface area contributed by atoms with E-state index in [0.717, 1.165) is 28.6 Å². The Morgan fingerprint density at radius 1 is 1.33 bits per heavy atom. The minimum absolute atomic E-state index is 0.797. The molecule has 0 bridgehead atoms. The van der Waals surface area contributed by atoms with E-state index in [2.05, 4.69) is 21.2 Å². The lowest BCUT2D eigenvalue weighted by Crippen LogP contribution is -2.10. The molecule has 0 saturated heterocycles. The van der Waals surface area contributed by atoms with Gasteiger partial charge in [0.05, 0.1) is 11.3 Å². The van der Waals surface area contributed by atoms with Gasteiger partial charge in [-0.1, -0.05) is 0 Å². The van der Waals surface area contributed by atoms with Crippen LogP contribution in [0, 0.1) is 0 Å². The van der Waals surface area contributed by atoms with E-state index < -0.39 is 0 Å². The van der Waals surface area contributed by atoms with Gasteiger partial charge in [-0.3, -0.25) is 0 Å². The molecule has 0 atom stereocenters. The van der Waals surface area contributed by atoms with Crippen molar-refractivity contribution in [3.05, 3.63) is 18.0 Å². The van der Waals surface area contributed by atoms with E-state index in [1.807, 2.05) is 31.1 Å². The first-order valence-electron chi connectivity index (χ1n) is 4.72. The van der Waals surface area contributed by atoms with Gasteiger partial charge in [-0.25, -0.2) is 9.97 Å². The lowest BCUT2D eigenvalue weighted by atomic mass is 10.4. The molecule has 0 unspecified atom stereocenters. The lowest BCUT2D eigenvalue weighted by molar-refractivity contribution is 1.07. The molecule has 0 aromatic carbocycles. The highest BCUT2D eigenvalue weighted by atomic mass is 32.2. The van der Waals surface area contributed by atoms with Crippen LogP contribution in [0.15, 0.2) is 12.1 Å². The van der Waals surface area contributed by atoms with Crippen LogP contribution in [0.25, 0.3) is 11.2 Å². The number of aromatic nitrogens is 3. The standard InChI is InChI=1S/C10H14N4S/c1-14(2)9-5-4-7-10(13-9)12-8(11-7)6-15-3/h4-5H,6H2,1-3H3,(H,11,12,13). The van der Waals surface area contributed by atoms with Crippen molar-refractivity contribution in [2.45, 2.75) is 5.75 Å². The van der Waals surface area contributed by atoms with Crippen molar-refractivity contribution >= 4 is 28.7 Å². The summed E-state index contributed by atoms with van der Waals surface area (Å²) in [5.74, 6) is 2.82. The van der Waals surface area contributed by atoms with Gasteiger partial charge in [-0.2, -0.15) is 11.8 Å². The van der Waals surface area contributed by atoms with E-state index in [4.69, 9.17) is 0 Å². The predicted molar refractivity (Wildman–Crippen MR) is 65.4 cm³/mol. The number of anilines is 1. The van der Waals surface area contributed by atoms with Crippen molar-refractivity contribution in [3.8, 4) is 0 Å². The largest absolute Gasteiger partial charge is 0.363 e. The molecule has 0 amide bonds. The highest BCUT2D eigenvalue weighted by Crippen LogP contribution is 2.16. The molecular formula is C10H14N4S. The Bertz CT molecular complexity index is 463. The Labute approximate surface area is 93.1 Å². The van der Waals surface area contributed by atoms with Gasteiger partial charge < -0.3 is 9.88 Å². The van der Waals surface area contributed by atoms with Crippen molar-refractivity contribution in [2.24, 2.45) is 0 Å². The summed E-state index contributed by atoms with van der Waals surface area (Å²) in [5, 5.41) is 0. The predicted octanol–water partition coefficient (Wildman–Crippen LogP) is 1.89. The third kappa shape index (κ3) is 2.07. The highest BCUT2D eigenvalue weighted by Gasteiger charge is 2.05. The van der Waals surface area contributed by atoms with Gasteiger partial charge in [0.25, 0.3) is 0 Å². The third-order valence-electron chi connectivity index (χ3n) is 2.12. The zero-order valence-corrected chi connectivity index (χ0v) is 9.93. The quantitative estimate of drug-likeness (QED) is 0.861. The van der Waals surface area contributed by atoms with E-state index in [0.29, 0.717) is 0 Å². The number of rotatable bonds is 3. The number of hydrogen-bond donors (Lipinski definition) is 1. The number of imidazole rings is 1. The number of fused-ring (bicyclic) bond motifs is 1. The summed E-state index contributed by atoms with van der Waals surface area (Å²) in [4.78, 5) is 14.1. The average molecular weight is 222 g/mol. The topological polar surface area (TPSA) is 44.8 Å². The molecule has 0 aliphatic rings. The van der Waals surface area contributed by atoms with Gasteiger partial charge in [-0.05, 0) is 18.4 Å². The zero-order chi connectivity index (χ0) is 10.8. The fraction of sp³-hybridized carbons (Fsp3) is 0.400. The fourth-order valence-corrected chi connectivity index (χ4v) is 1.80. The highest BCUT2D eigenvalue weighted by molar-refractivity contribution is 7.97. The van der Waals surface area contributed by atoms with E-state index in [1.54, 1.807) is 11.8 Å². The number of aromatic amines is 1. The first-order chi connectivity index (χ1) is 7.20. The lowest BCUT2D eigenvalue weighted by Gasteiger charge is -2.09. The molecule has 0 saturated carbocycles. The molecule has 5 heteroatoms. The van der Waals surface area contributed by atoms with Gasteiger partial charge >= 0.3 is 0 Å². The van der Waals surface area contributed by atoms with E-state index in [-0.39, 0.29) is 0 Å². The van der Waals surface area contributed by atoms with Crippen LogP contribution in [0.5, 0.6) is 0 Å². The summed E-state index contributed by atoms with van der Waals surface area (Å²) in [6.45, 7) is 0. The van der Waals surface area contributed by atoms with Crippen molar-refractivity contribution in [1.29, 1.82) is 0 Å². The molecule has 15 heavy (non-hydrogen) atoms. The van der Waals surface area contributed by atoms with Gasteiger partial charge in [-0.15, -0.1) is 0 Å². The summed E-state index contributed by atoms with van der Waals surface area (Å²) in [6, 6.07) is 4.01. The summed E-state index contributed by atoms with van der Waals surface area (Å²) < 4.78 is 0. The van der Waals surface area contributed by atoms with E-state index in [1.165, 1.54) is 0 Å². The molecule has 0 aliphatic heterocycles. The molecule has 1 N–H and O–H groups in total. The van der Waals surface area contributed by atoms with Crippen molar-refractivity contribution in [3.63, 3.8) is 0 Å². The first-order valence-corrected chi connectivity index (χ1v) is 6.12. The Kier molecular flexibility index (Phi) is 2.81. The number of H-pyrrole nitrogens is 1. The molecule has 0 aliphatic carbocycles. The van der Waals surface area contributed by atoms with Gasteiger partial charge in [0.1, 0.15) is 11.6 Å². The monoisotopic (exact) mass is 222 g/mol. The van der Waals surface area contributed by atoms with Crippen LogP contribution in [0.3, 0.4) is 0 Å². The second-order valence-electron chi connectivity index (χ2n) is 3.55. The molecule has 2 aromatic rings. The van der Waals surface area contributed by atoms with Crippen molar-refractivity contribution < 1.29 is 0 Å². The summed E-state index contributed by atoms with van der Waals surface area (Å²) in [5.41, 5.74) is 1.80. The zero-order valence-electron chi connectivity index (χ0n) is 9.11. The Balaban J connectivity index is 2.43. The Hall–Kier alpha value is -1.23. The van der Waals surface area contributed by atoms with Crippen LogP contribution in [0.2, 0.25) is 0 Å². The number of pyridine rings is 1. The first kappa shape index (κ1) is 10.3. The third-order valence-corrected chi connectivity index (χ3v) is 2.68. The number of thioether (sulfide) groups is 1. The van der Waals surface area contributed by atoms with E-state index >= 15 is 0 Å². The molecular weight excluding hydrogens is 208 g/mol. The maximum Gasteiger partial charge on any atom is 0.179 e. The second kappa shape index (κ2) is 4.10. The molecule has 80 valence electrons. The van der Waals surface area contributed by atoms with Crippen molar-refractivity contribution in [1.82, 2.24) is 15.0 Å². The molecule has 4 nitrogen and oxygen atoms in total. The van der Waals surface area contributed by atoms with Gasteiger partial charge in [0.2, 0.25) is 0 Å². The van der Waals surface area contributed by atoms with Crippen LogP contribution in [0.4, 0.5) is 5.82 Å². The fourth-order valence-electron chi connectivity index (χ4n) is 1.39. The maximum absolute atomic E-state index is 4.45. The molecule has 0 radical (unpaired) electrons. The molecule has 0 spiro atoms. The SMILES string of the molecule is CSCc1nc2nc(N(C)C)ccc2[nH]1. The normalized spacial score (nSPS) is 10.9. The second-order valence-corrected chi connectivity index (χ2v) is 4.42. The molecule has 2 aromatic heterocycles. The minimum Gasteiger partial charge on any atom is -0.363 e. The van der Waals surface area contributed by atoms with E-state index in [9.17, 15) is 0 Å². The van der Waals surface area contributed by atoms with Crippen LogP contribution < -0.4 is 4.90 Å². The molecule has 2 heterocycles. The number of hydrogen-bond acceptors (Lipinski definition) is 4. The number of nitrogens with one attached hydrogen (secondary N) is 1. The summed E-state index contributed by atoms with van der Waals surface area (Å²) >= 11 is 1.75. The minimum atomic E-state index is 0.797. The van der Waals surface area contributed by atoms with Gasteiger partial charge in [0.15, 0.2) is 5.65 Å². The summed E-state index contributed by atoms with van der Waals surface area (Å²) in [7, 11) is 3.95. The molecule has 2 rings (SSSR count). The smallest absolute Gasteiger partial charge is 0.179 e. The van der Waals surface area contributed by atoms with Crippen molar-refractivity contribution in [2.75, 3.05) is 25.3 Å². The molecule has 0 fully saturated rings. The van der Waals surface area contributed by atoms with Crippen LogP contribution in [-0.4, -0.2) is 35.3 Å². The average Bonchev–Trinajstić information content (AvgIpc) is 2.59. The number of nitrogens with zero attached hydrogens (tertiary/aromatic N) is 3.